The first-order valence-corrected chi connectivity index (χ1v) is 5.34. The van der Waals surface area contributed by atoms with Gasteiger partial charge in [0.05, 0.1) is 0 Å². The second-order valence-corrected chi connectivity index (χ2v) is 3.89. The zero-order valence-corrected chi connectivity index (χ0v) is 9.71. The summed E-state index contributed by atoms with van der Waals surface area (Å²) in [6.45, 7) is 4.16. The number of rotatable bonds is 4. The molecule has 0 unspecified atom stereocenters. The van der Waals surface area contributed by atoms with E-state index in [-0.39, 0.29) is 11.7 Å². The molecule has 0 aliphatic carbocycles. The number of phenolic OH excluding ortho intramolecular Hbond substituents is 1. The molecular formula is C12H18N2O2. The van der Waals surface area contributed by atoms with E-state index in [0.717, 1.165) is 16.8 Å². The minimum absolute atomic E-state index is 0.0429. The zero-order valence-electron chi connectivity index (χ0n) is 9.71. The van der Waals surface area contributed by atoms with Gasteiger partial charge in [-0.2, -0.15) is 0 Å². The molecule has 88 valence electrons. The molecule has 0 spiro atoms. The Morgan fingerprint density at radius 1 is 1.38 bits per heavy atom. The van der Waals surface area contributed by atoms with Crippen molar-refractivity contribution in [2.45, 2.75) is 26.7 Å². The summed E-state index contributed by atoms with van der Waals surface area (Å²) >= 11 is 0. The molecule has 0 aliphatic heterocycles. The smallest absolute Gasteiger partial charge is 0.224 e. The summed E-state index contributed by atoms with van der Waals surface area (Å²) in [5, 5.41) is 12.3. The van der Waals surface area contributed by atoms with Crippen molar-refractivity contribution in [1.29, 1.82) is 0 Å². The number of hydrogen-bond donors (Lipinski definition) is 3. The van der Waals surface area contributed by atoms with E-state index in [9.17, 15) is 9.90 Å². The molecule has 1 aromatic carbocycles. The topological polar surface area (TPSA) is 75.4 Å². The normalized spacial score (nSPS) is 10.2. The summed E-state index contributed by atoms with van der Waals surface area (Å²) < 4.78 is 0. The summed E-state index contributed by atoms with van der Waals surface area (Å²) in [4.78, 5) is 11.5. The molecule has 4 heteroatoms. The molecule has 16 heavy (non-hydrogen) atoms. The maximum absolute atomic E-state index is 11.5. The van der Waals surface area contributed by atoms with Crippen molar-refractivity contribution < 1.29 is 9.90 Å². The molecule has 0 saturated heterocycles. The molecule has 0 aromatic heterocycles. The summed E-state index contributed by atoms with van der Waals surface area (Å²) in [6.07, 6.45) is 1.11. The highest BCUT2D eigenvalue weighted by molar-refractivity contribution is 5.91. The number of aromatic hydroxyl groups is 1. The quantitative estimate of drug-likeness (QED) is 0.678. The van der Waals surface area contributed by atoms with Crippen LogP contribution in [0.3, 0.4) is 0 Å². The molecule has 0 fully saturated rings. The Balaban J connectivity index is 2.73. The Labute approximate surface area is 95.5 Å². The summed E-state index contributed by atoms with van der Waals surface area (Å²) in [7, 11) is 0. The number of phenols is 1. The van der Waals surface area contributed by atoms with Crippen molar-refractivity contribution in [3.05, 3.63) is 23.3 Å². The first-order valence-electron chi connectivity index (χ1n) is 5.34. The van der Waals surface area contributed by atoms with E-state index in [4.69, 9.17) is 5.73 Å². The van der Waals surface area contributed by atoms with Gasteiger partial charge in [-0.05, 0) is 50.1 Å². The maximum atomic E-state index is 11.5. The fourth-order valence-corrected chi connectivity index (χ4v) is 1.41. The average Bonchev–Trinajstić information content (AvgIpc) is 2.23. The number of carbonyl (C=O) groups is 1. The van der Waals surface area contributed by atoms with E-state index in [0.29, 0.717) is 19.4 Å². The van der Waals surface area contributed by atoms with Crippen molar-refractivity contribution in [2.75, 3.05) is 11.9 Å². The lowest BCUT2D eigenvalue weighted by Crippen LogP contribution is -2.14. The van der Waals surface area contributed by atoms with Gasteiger partial charge >= 0.3 is 0 Å². The third-order valence-corrected chi connectivity index (χ3v) is 2.42. The summed E-state index contributed by atoms with van der Waals surface area (Å²) in [5.41, 5.74) is 7.68. The third kappa shape index (κ3) is 3.24. The van der Waals surface area contributed by atoms with Gasteiger partial charge in [-0.3, -0.25) is 4.79 Å². The number of hydrogen-bond acceptors (Lipinski definition) is 3. The first kappa shape index (κ1) is 12.5. The lowest BCUT2D eigenvalue weighted by atomic mass is 10.1. The molecule has 1 rings (SSSR count). The molecule has 4 N–H and O–H groups in total. The lowest BCUT2D eigenvalue weighted by Gasteiger charge is -2.10. The maximum Gasteiger partial charge on any atom is 0.224 e. The first-order chi connectivity index (χ1) is 7.54. The van der Waals surface area contributed by atoms with Gasteiger partial charge in [0, 0.05) is 12.1 Å². The average molecular weight is 222 g/mol. The lowest BCUT2D eigenvalue weighted by molar-refractivity contribution is -0.116. The van der Waals surface area contributed by atoms with Gasteiger partial charge in [0.25, 0.3) is 0 Å². The van der Waals surface area contributed by atoms with Crippen molar-refractivity contribution in [3.63, 3.8) is 0 Å². The number of anilines is 1. The van der Waals surface area contributed by atoms with Crippen LogP contribution in [0.15, 0.2) is 12.1 Å². The second kappa shape index (κ2) is 5.51. The molecular weight excluding hydrogens is 204 g/mol. The van der Waals surface area contributed by atoms with E-state index in [1.54, 1.807) is 19.1 Å². The van der Waals surface area contributed by atoms with E-state index in [2.05, 4.69) is 5.32 Å². The predicted molar refractivity (Wildman–Crippen MR) is 64.5 cm³/mol. The monoisotopic (exact) mass is 222 g/mol. The van der Waals surface area contributed by atoms with E-state index < -0.39 is 0 Å². The number of amides is 1. The number of aryl methyl sites for hydroxylation is 2. The van der Waals surface area contributed by atoms with Crippen LogP contribution < -0.4 is 11.1 Å². The highest BCUT2D eigenvalue weighted by atomic mass is 16.3. The van der Waals surface area contributed by atoms with Gasteiger partial charge in [0.1, 0.15) is 5.75 Å². The number of benzene rings is 1. The van der Waals surface area contributed by atoms with Gasteiger partial charge < -0.3 is 16.2 Å². The molecule has 0 heterocycles. The highest BCUT2D eigenvalue weighted by Crippen LogP contribution is 2.24. The van der Waals surface area contributed by atoms with Gasteiger partial charge in [-0.25, -0.2) is 0 Å². The summed E-state index contributed by atoms with van der Waals surface area (Å²) in [6, 6.07) is 3.42. The molecule has 0 bridgehead atoms. The van der Waals surface area contributed by atoms with Crippen molar-refractivity contribution in [3.8, 4) is 5.75 Å². The second-order valence-electron chi connectivity index (χ2n) is 3.89. The molecule has 0 saturated carbocycles. The predicted octanol–water partition coefficient (Wildman–Crippen LogP) is 1.69. The molecule has 0 radical (unpaired) electrons. The van der Waals surface area contributed by atoms with Crippen molar-refractivity contribution >= 4 is 11.6 Å². The van der Waals surface area contributed by atoms with E-state index in [1.807, 2.05) is 6.92 Å². The zero-order chi connectivity index (χ0) is 12.1. The SMILES string of the molecule is Cc1cc(NC(=O)CCCN)c(C)cc1O. The van der Waals surface area contributed by atoms with Crippen LogP contribution in [0.2, 0.25) is 0 Å². The molecule has 1 aromatic rings. The van der Waals surface area contributed by atoms with Crippen LogP contribution in [0.25, 0.3) is 0 Å². The standard InChI is InChI=1S/C12H18N2O2/c1-8-7-11(15)9(2)6-10(8)14-12(16)4-3-5-13/h6-7,15H,3-5,13H2,1-2H3,(H,14,16). The molecule has 0 aliphatic rings. The number of carbonyl (C=O) groups excluding carboxylic acids is 1. The molecule has 0 atom stereocenters. The third-order valence-electron chi connectivity index (χ3n) is 2.42. The fraction of sp³-hybridized carbons (Fsp3) is 0.417. The van der Waals surface area contributed by atoms with Crippen LogP contribution >= 0.6 is 0 Å². The fourth-order valence-electron chi connectivity index (χ4n) is 1.41. The summed E-state index contributed by atoms with van der Waals surface area (Å²) in [5.74, 6) is 0.205. The van der Waals surface area contributed by atoms with E-state index in [1.165, 1.54) is 0 Å². The Hall–Kier alpha value is -1.55. The minimum atomic E-state index is -0.0429. The van der Waals surface area contributed by atoms with Crippen LogP contribution in [0.1, 0.15) is 24.0 Å². The van der Waals surface area contributed by atoms with Crippen LogP contribution in [0, 0.1) is 13.8 Å². The van der Waals surface area contributed by atoms with Crippen molar-refractivity contribution in [2.24, 2.45) is 5.73 Å². The van der Waals surface area contributed by atoms with Gasteiger partial charge in [0.2, 0.25) is 5.91 Å². The Morgan fingerprint density at radius 3 is 2.69 bits per heavy atom. The largest absolute Gasteiger partial charge is 0.508 e. The van der Waals surface area contributed by atoms with Crippen LogP contribution in [-0.2, 0) is 4.79 Å². The molecule has 1 amide bonds. The number of nitrogens with two attached hydrogens (primary N) is 1. The highest BCUT2D eigenvalue weighted by Gasteiger charge is 2.06. The van der Waals surface area contributed by atoms with Crippen LogP contribution in [0.5, 0.6) is 5.75 Å². The van der Waals surface area contributed by atoms with E-state index >= 15 is 0 Å². The number of nitrogens with one attached hydrogen (secondary N) is 1. The Bertz CT molecular complexity index is 389. The van der Waals surface area contributed by atoms with Gasteiger partial charge in [0.15, 0.2) is 0 Å². The van der Waals surface area contributed by atoms with Gasteiger partial charge in [-0.1, -0.05) is 0 Å². The Kier molecular flexibility index (Phi) is 4.31. The van der Waals surface area contributed by atoms with Crippen LogP contribution in [0.4, 0.5) is 5.69 Å². The van der Waals surface area contributed by atoms with Gasteiger partial charge in [-0.15, -0.1) is 0 Å². The minimum Gasteiger partial charge on any atom is -0.508 e. The Morgan fingerprint density at radius 2 is 2.06 bits per heavy atom. The van der Waals surface area contributed by atoms with Crippen LogP contribution in [-0.4, -0.2) is 17.6 Å². The van der Waals surface area contributed by atoms with Crippen molar-refractivity contribution in [1.82, 2.24) is 0 Å². The molecule has 4 nitrogen and oxygen atoms in total.